The predicted octanol–water partition coefficient (Wildman–Crippen LogP) is 0.671. The highest BCUT2D eigenvalue weighted by Crippen LogP contribution is 2.17. The standard InChI is InChI=1S/C11H18N4O2/c1-15-13-11(12-14-15)8-9(16)5-6-10-4-2-3-7-17-10/h10H,2-8H2,1H3. The van der Waals surface area contributed by atoms with E-state index in [0.717, 1.165) is 25.9 Å². The number of aromatic nitrogens is 4. The Morgan fingerprint density at radius 2 is 2.41 bits per heavy atom. The first-order valence-corrected chi connectivity index (χ1v) is 6.10. The summed E-state index contributed by atoms with van der Waals surface area (Å²) in [6.07, 6.45) is 5.35. The van der Waals surface area contributed by atoms with Crippen molar-refractivity contribution in [3.8, 4) is 0 Å². The van der Waals surface area contributed by atoms with E-state index in [1.807, 2.05) is 0 Å². The van der Waals surface area contributed by atoms with Gasteiger partial charge in [0, 0.05) is 13.0 Å². The predicted molar refractivity (Wildman–Crippen MR) is 60.3 cm³/mol. The van der Waals surface area contributed by atoms with Crippen LogP contribution in [-0.4, -0.2) is 38.7 Å². The Labute approximate surface area is 100 Å². The van der Waals surface area contributed by atoms with Crippen LogP contribution in [0.3, 0.4) is 0 Å². The van der Waals surface area contributed by atoms with Crippen molar-refractivity contribution in [1.29, 1.82) is 0 Å². The Hall–Kier alpha value is -1.30. The molecule has 0 spiro atoms. The summed E-state index contributed by atoms with van der Waals surface area (Å²) in [4.78, 5) is 13.1. The fraction of sp³-hybridized carbons (Fsp3) is 0.818. The number of aryl methyl sites for hydroxylation is 1. The van der Waals surface area contributed by atoms with Gasteiger partial charge in [0.05, 0.1) is 19.6 Å². The van der Waals surface area contributed by atoms with Gasteiger partial charge in [-0.25, -0.2) is 0 Å². The van der Waals surface area contributed by atoms with Crippen molar-refractivity contribution >= 4 is 5.78 Å². The Kier molecular flexibility index (Phi) is 4.19. The fourth-order valence-corrected chi connectivity index (χ4v) is 2.02. The highest BCUT2D eigenvalue weighted by Gasteiger charge is 2.16. The first kappa shape index (κ1) is 12.2. The molecule has 1 aromatic heterocycles. The largest absolute Gasteiger partial charge is 0.378 e. The summed E-state index contributed by atoms with van der Waals surface area (Å²) in [6.45, 7) is 0.838. The molecule has 2 heterocycles. The van der Waals surface area contributed by atoms with E-state index in [4.69, 9.17) is 4.74 Å². The zero-order valence-electron chi connectivity index (χ0n) is 10.1. The maximum Gasteiger partial charge on any atom is 0.182 e. The van der Waals surface area contributed by atoms with Crippen LogP contribution < -0.4 is 0 Å². The van der Waals surface area contributed by atoms with Crippen LogP contribution in [0, 0.1) is 0 Å². The van der Waals surface area contributed by atoms with Crippen LogP contribution in [0.15, 0.2) is 0 Å². The third kappa shape index (κ3) is 3.89. The molecule has 1 aromatic rings. The van der Waals surface area contributed by atoms with Gasteiger partial charge in [-0.05, 0) is 30.9 Å². The summed E-state index contributed by atoms with van der Waals surface area (Å²) in [5, 5.41) is 11.5. The minimum absolute atomic E-state index is 0.159. The molecule has 2 rings (SSSR count). The monoisotopic (exact) mass is 238 g/mol. The van der Waals surface area contributed by atoms with Crippen molar-refractivity contribution in [3.63, 3.8) is 0 Å². The molecule has 1 aliphatic heterocycles. The maximum atomic E-state index is 11.7. The quantitative estimate of drug-likeness (QED) is 0.754. The lowest BCUT2D eigenvalue weighted by Gasteiger charge is -2.21. The molecule has 0 aliphatic carbocycles. The number of carbonyl (C=O) groups is 1. The summed E-state index contributed by atoms with van der Waals surface area (Å²) in [7, 11) is 1.69. The topological polar surface area (TPSA) is 69.9 Å². The molecule has 94 valence electrons. The van der Waals surface area contributed by atoms with E-state index >= 15 is 0 Å². The van der Waals surface area contributed by atoms with Crippen molar-refractivity contribution in [2.75, 3.05) is 6.61 Å². The lowest BCUT2D eigenvalue weighted by Crippen LogP contribution is -2.20. The summed E-state index contributed by atoms with van der Waals surface area (Å²) in [5.74, 6) is 0.661. The van der Waals surface area contributed by atoms with E-state index in [1.54, 1.807) is 7.05 Å². The number of tetrazole rings is 1. The molecular weight excluding hydrogens is 220 g/mol. The number of hydrogen-bond acceptors (Lipinski definition) is 5. The Balaban J connectivity index is 1.70. The summed E-state index contributed by atoms with van der Waals surface area (Å²) < 4.78 is 5.58. The Morgan fingerprint density at radius 3 is 3.06 bits per heavy atom. The van der Waals surface area contributed by atoms with Gasteiger partial charge in [0.2, 0.25) is 0 Å². The molecule has 1 fully saturated rings. The van der Waals surface area contributed by atoms with Gasteiger partial charge in [-0.15, -0.1) is 10.2 Å². The first-order valence-electron chi connectivity index (χ1n) is 6.10. The van der Waals surface area contributed by atoms with Crippen molar-refractivity contribution < 1.29 is 9.53 Å². The minimum Gasteiger partial charge on any atom is -0.378 e. The number of ketones is 1. The number of rotatable bonds is 5. The lowest BCUT2D eigenvalue weighted by atomic mass is 10.0. The van der Waals surface area contributed by atoms with Gasteiger partial charge in [0.1, 0.15) is 5.78 Å². The molecule has 1 atom stereocenters. The smallest absolute Gasteiger partial charge is 0.182 e. The molecule has 1 saturated heterocycles. The second kappa shape index (κ2) is 5.86. The summed E-state index contributed by atoms with van der Waals surface area (Å²) >= 11 is 0. The van der Waals surface area contributed by atoms with Crippen LogP contribution in [0.2, 0.25) is 0 Å². The number of nitrogens with zero attached hydrogens (tertiary/aromatic N) is 4. The van der Waals surface area contributed by atoms with E-state index in [9.17, 15) is 4.79 Å². The Bertz CT molecular complexity index is 371. The van der Waals surface area contributed by atoms with E-state index in [-0.39, 0.29) is 18.3 Å². The second-order valence-electron chi connectivity index (χ2n) is 4.44. The molecule has 6 nitrogen and oxygen atoms in total. The third-order valence-electron chi connectivity index (χ3n) is 2.92. The van der Waals surface area contributed by atoms with Crippen LogP contribution in [0.1, 0.15) is 37.9 Å². The van der Waals surface area contributed by atoms with Gasteiger partial charge >= 0.3 is 0 Å². The van der Waals surface area contributed by atoms with Gasteiger partial charge < -0.3 is 4.74 Å². The molecule has 1 unspecified atom stereocenters. The second-order valence-corrected chi connectivity index (χ2v) is 4.44. The Morgan fingerprint density at radius 1 is 1.53 bits per heavy atom. The maximum absolute atomic E-state index is 11.7. The average Bonchev–Trinajstić information content (AvgIpc) is 2.73. The molecular formula is C11H18N4O2. The van der Waals surface area contributed by atoms with Crippen molar-refractivity contribution in [2.45, 2.75) is 44.6 Å². The molecule has 0 amide bonds. The SMILES string of the molecule is Cn1nnc(CC(=O)CCC2CCCCO2)n1. The molecule has 1 aliphatic rings. The van der Waals surface area contributed by atoms with Crippen LogP contribution >= 0.6 is 0 Å². The zero-order chi connectivity index (χ0) is 12.1. The van der Waals surface area contributed by atoms with Gasteiger partial charge in [0.25, 0.3) is 0 Å². The molecule has 6 heteroatoms. The van der Waals surface area contributed by atoms with Gasteiger partial charge in [-0.3, -0.25) is 4.79 Å². The summed E-state index contributed by atoms with van der Waals surface area (Å²) in [5.41, 5.74) is 0. The molecule has 0 N–H and O–H groups in total. The van der Waals surface area contributed by atoms with Crippen molar-refractivity contribution in [3.05, 3.63) is 5.82 Å². The number of carbonyl (C=O) groups excluding carboxylic acids is 1. The van der Waals surface area contributed by atoms with Gasteiger partial charge in [0.15, 0.2) is 5.82 Å². The first-order chi connectivity index (χ1) is 8.24. The van der Waals surface area contributed by atoms with Gasteiger partial charge in [-0.1, -0.05) is 0 Å². The minimum atomic E-state index is 0.159. The van der Waals surface area contributed by atoms with Crippen LogP contribution in [0.5, 0.6) is 0 Å². The molecule has 0 radical (unpaired) electrons. The normalized spacial score (nSPS) is 20.4. The van der Waals surface area contributed by atoms with Crippen LogP contribution in [-0.2, 0) is 23.0 Å². The van der Waals surface area contributed by atoms with E-state index in [2.05, 4.69) is 15.4 Å². The highest BCUT2D eigenvalue weighted by molar-refractivity contribution is 5.80. The number of ether oxygens (including phenoxy) is 1. The van der Waals surface area contributed by atoms with E-state index < -0.39 is 0 Å². The van der Waals surface area contributed by atoms with Crippen molar-refractivity contribution in [1.82, 2.24) is 20.2 Å². The van der Waals surface area contributed by atoms with E-state index in [1.165, 1.54) is 11.2 Å². The number of hydrogen-bond donors (Lipinski definition) is 0. The van der Waals surface area contributed by atoms with Crippen LogP contribution in [0.25, 0.3) is 0 Å². The van der Waals surface area contributed by atoms with E-state index in [0.29, 0.717) is 12.2 Å². The molecule has 0 aromatic carbocycles. The fourth-order valence-electron chi connectivity index (χ4n) is 2.02. The summed E-state index contributed by atoms with van der Waals surface area (Å²) in [6, 6.07) is 0. The number of Topliss-reactive ketones (excluding diaryl/α,β-unsaturated/α-hetero) is 1. The molecule has 0 bridgehead atoms. The van der Waals surface area contributed by atoms with Crippen molar-refractivity contribution in [2.24, 2.45) is 7.05 Å². The highest BCUT2D eigenvalue weighted by atomic mass is 16.5. The van der Waals surface area contributed by atoms with Crippen LogP contribution in [0.4, 0.5) is 0 Å². The lowest BCUT2D eigenvalue weighted by molar-refractivity contribution is -0.119. The third-order valence-corrected chi connectivity index (χ3v) is 2.92. The van der Waals surface area contributed by atoms with Gasteiger partial charge in [-0.2, -0.15) is 4.80 Å². The average molecular weight is 238 g/mol. The zero-order valence-corrected chi connectivity index (χ0v) is 10.1. The molecule has 17 heavy (non-hydrogen) atoms. The molecule has 0 saturated carbocycles.